The summed E-state index contributed by atoms with van der Waals surface area (Å²) in [6.45, 7) is 4.20. The zero-order valence-electron chi connectivity index (χ0n) is 13.5. The highest BCUT2D eigenvalue weighted by Crippen LogP contribution is 2.15. The van der Waals surface area contributed by atoms with Gasteiger partial charge in [0.25, 0.3) is 5.91 Å². The molecule has 122 valence electrons. The van der Waals surface area contributed by atoms with Crippen LogP contribution in [-0.2, 0) is 11.2 Å². The van der Waals surface area contributed by atoms with E-state index in [2.05, 4.69) is 41.4 Å². The summed E-state index contributed by atoms with van der Waals surface area (Å²) in [6.07, 6.45) is 4.70. The van der Waals surface area contributed by atoms with Gasteiger partial charge in [-0.1, -0.05) is 29.8 Å². The van der Waals surface area contributed by atoms with E-state index in [0.717, 1.165) is 25.9 Å². The summed E-state index contributed by atoms with van der Waals surface area (Å²) in [5.74, 6) is -0.00916. The number of aryl methyl sites for hydroxylation is 1. The second-order valence-corrected chi connectivity index (χ2v) is 6.09. The molecular formula is C18H23N3O2. The topological polar surface area (TPSA) is 58.2 Å². The van der Waals surface area contributed by atoms with E-state index < -0.39 is 0 Å². The molecule has 23 heavy (non-hydrogen) atoms. The Morgan fingerprint density at radius 1 is 1.35 bits per heavy atom. The molecule has 5 heteroatoms. The second-order valence-electron chi connectivity index (χ2n) is 6.09. The Morgan fingerprint density at radius 3 is 2.83 bits per heavy atom. The van der Waals surface area contributed by atoms with Crippen molar-refractivity contribution in [1.29, 1.82) is 0 Å². The van der Waals surface area contributed by atoms with Gasteiger partial charge in [0.05, 0.1) is 6.10 Å². The summed E-state index contributed by atoms with van der Waals surface area (Å²) in [5.41, 5.74) is 3.02. The van der Waals surface area contributed by atoms with E-state index in [-0.39, 0.29) is 12.0 Å². The number of nitrogens with one attached hydrogen (secondary N) is 1. The number of aromatic nitrogens is 2. The van der Waals surface area contributed by atoms with E-state index >= 15 is 0 Å². The number of nitrogens with zero attached hydrogens (tertiary/aromatic N) is 2. The van der Waals surface area contributed by atoms with Crippen LogP contribution in [0.5, 0.6) is 0 Å². The van der Waals surface area contributed by atoms with Crippen molar-refractivity contribution in [2.45, 2.75) is 32.3 Å². The first-order valence-corrected chi connectivity index (χ1v) is 8.18. The summed E-state index contributed by atoms with van der Waals surface area (Å²) in [5, 5.41) is 6.65. The maximum absolute atomic E-state index is 12.7. The Morgan fingerprint density at radius 2 is 2.17 bits per heavy atom. The van der Waals surface area contributed by atoms with E-state index in [1.807, 2.05) is 4.90 Å². The highest BCUT2D eigenvalue weighted by Gasteiger charge is 2.23. The minimum atomic E-state index is -0.00916. The van der Waals surface area contributed by atoms with Gasteiger partial charge in [-0.3, -0.25) is 9.89 Å². The van der Waals surface area contributed by atoms with Gasteiger partial charge < -0.3 is 9.64 Å². The Labute approximate surface area is 136 Å². The minimum Gasteiger partial charge on any atom is -0.376 e. The molecule has 1 aliphatic rings. The van der Waals surface area contributed by atoms with Crippen molar-refractivity contribution >= 4 is 5.91 Å². The van der Waals surface area contributed by atoms with Gasteiger partial charge in [0, 0.05) is 25.9 Å². The Kier molecular flexibility index (Phi) is 5.08. The third-order valence-corrected chi connectivity index (χ3v) is 4.26. The lowest BCUT2D eigenvalue weighted by atomic mass is 10.1. The third kappa shape index (κ3) is 4.20. The van der Waals surface area contributed by atoms with E-state index in [4.69, 9.17) is 4.74 Å². The molecule has 2 heterocycles. The molecule has 2 aromatic rings. The molecule has 1 atom stereocenters. The smallest absolute Gasteiger partial charge is 0.271 e. The minimum absolute atomic E-state index is 0.00916. The fraction of sp³-hybridized carbons (Fsp3) is 0.444. The van der Waals surface area contributed by atoms with Crippen molar-refractivity contribution in [3.8, 4) is 0 Å². The van der Waals surface area contributed by atoms with Crippen LogP contribution in [0.2, 0.25) is 0 Å². The molecule has 0 bridgehead atoms. The number of hydrogen-bond acceptors (Lipinski definition) is 3. The summed E-state index contributed by atoms with van der Waals surface area (Å²) >= 11 is 0. The van der Waals surface area contributed by atoms with Gasteiger partial charge in [-0.2, -0.15) is 5.10 Å². The van der Waals surface area contributed by atoms with E-state index in [1.54, 1.807) is 12.3 Å². The average Bonchev–Trinajstić information content (AvgIpc) is 3.26. The zero-order valence-corrected chi connectivity index (χ0v) is 13.5. The molecule has 1 aromatic carbocycles. The molecule has 1 N–H and O–H groups in total. The lowest BCUT2D eigenvalue weighted by Gasteiger charge is -2.25. The SMILES string of the molecule is Cc1ccc(CCN(CC2CCCO2)C(=O)c2ccn[nH]2)cc1. The zero-order chi connectivity index (χ0) is 16.1. The highest BCUT2D eigenvalue weighted by molar-refractivity contribution is 5.92. The summed E-state index contributed by atoms with van der Waals surface area (Å²) in [6, 6.07) is 10.2. The molecule has 1 saturated heterocycles. The lowest BCUT2D eigenvalue weighted by molar-refractivity contribution is 0.0524. The number of hydrogen-bond donors (Lipinski definition) is 1. The molecule has 0 spiro atoms. The molecule has 1 unspecified atom stereocenters. The first-order chi connectivity index (χ1) is 11.2. The van der Waals surface area contributed by atoms with Gasteiger partial charge in [-0.25, -0.2) is 0 Å². The third-order valence-electron chi connectivity index (χ3n) is 4.26. The van der Waals surface area contributed by atoms with Crippen LogP contribution < -0.4 is 0 Å². The number of rotatable bonds is 6. The number of H-pyrrole nitrogens is 1. The fourth-order valence-corrected chi connectivity index (χ4v) is 2.87. The quantitative estimate of drug-likeness (QED) is 0.892. The molecule has 0 radical (unpaired) electrons. The Hall–Kier alpha value is -2.14. The van der Waals surface area contributed by atoms with E-state index in [0.29, 0.717) is 18.8 Å². The van der Waals surface area contributed by atoms with Crippen LogP contribution in [0.1, 0.15) is 34.5 Å². The Bertz CT molecular complexity index is 616. The highest BCUT2D eigenvalue weighted by atomic mass is 16.5. The predicted octanol–water partition coefficient (Wildman–Crippen LogP) is 2.58. The van der Waals surface area contributed by atoms with Gasteiger partial charge in [0.2, 0.25) is 0 Å². The molecule has 1 aliphatic heterocycles. The first kappa shape index (κ1) is 15.7. The summed E-state index contributed by atoms with van der Waals surface area (Å²) < 4.78 is 5.70. The van der Waals surface area contributed by atoms with E-state index in [9.17, 15) is 4.79 Å². The number of carbonyl (C=O) groups excluding carboxylic acids is 1. The second kappa shape index (κ2) is 7.42. The van der Waals surface area contributed by atoms with Crippen molar-refractivity contribution < 1.29 is 9.53 Å². The summed E-state index contributed by atoms with van der Waals surface area (Å²) in [7, 11) is 0. The van der Waals surface area contributed by atoms with Gasteiger partial charge in [-0.05, 0) is 37.8 Å². The molecule has 0 saturated carbocycles. The van der Waals surface area contributed by atoms with Crippen LogP contribution in [0, 0.1) is 6.92 Å². The maximum atomic E-state index is 12.7. The van der Waals surface area contributed by atoms with Crippen LogP contribution in [0.25, 0.3) is 0 Å². The molecule has 5 nitrogen and oxygen atoms in total. The van der Waals surface area contributed by atoms with Crippen LogP contribution in [0.15, 0.2) is 36.5 Å². The Balaban J connectivity index is 1.66. The molecule has 1 aromatic heterocycles. The maximum Gasteiger partial charge on any atom is 0.271 e. The van der Waals surface area contributed by atoms with Gasteiger partial charge >= 0.3 is 0 Å². The largest absolute Gasteiger partial charge is 0.376 e. The van der Waals surface area contributed by atoms with E-state index in [1.165, 1.54) is 11.1 Å². The number of benzene rings is 1. The van der Waals surface area contributed by atoms with Crippen molar-refractivity contribution in [1.82, 2.24) is 15.1 Å². The van der Waals surface area contributed by atoms with Gasteiger partial charge in [0.1, 0.15) is 5.69 Å². The van der Waals surface area contributed by atoms with Gasteiger partial charge in [-0.15, -0.1) is 0 Å². The van der Waals surface area contributed by atoms with Gasteiger partial charge in [0.15, 0.2) is 0 Å². The fourth-order valence-electron chi connectivity index (χ4n) is 2.87. The molecule has 1 amide bonds. The number of ether oxygens (including phenoxy) is 1. The number of amides is 1. The van der Waals surface area contributed by atoms with Crippen molar-refractivity contribution in [2.75, 3.05) is 19.7 Å². The predicted molar refractivity (Wildman–Crippen MR) is 88.3 cm³/mol. The number of carbonyl (C=O) groups is 1. The summed E-state index contributed by atoms with van der Waals surface area (Å²) in [4.78, 5) is 14.5. The van der Waals surface area contributed by atoms with Crippen LogP contribution in [-0.4, -0.2) is 46.8 Å². The first-order valence-electron chi connectivity index (χ1n) is 8.18. The van der Waals surface area contributed by atoms with Crippen LogP contribution >= 0.6 is 0 Å². The molecule has 1 fully saturated rings. The number of aromatic amines is 1. The van der Waals surface area contributed by atoms with Crippen LogP contribution in [0.3, 0.4) is 0 Å². The molecular weight excluding hydrogens is 290 g/mol. The molecule has 3 rings (SSSR count). The van der Waals surface area contributed by atoms with Crippen molar-refractivity contribution in [2.24, 2.45) is 0 Å². The monoisotopic (exact) mass is 313 g/mol. The normalized spacial score (nSPS) is 17.3. The standard InChI is InChI=1S/C18H23N3O2/c1-14-4-6-15(7-5-14)9-11-21(13-16-3-2-12-23-16)18(22)17-8-10-19-20-17/h4-8,10,16H,2-3,9,11-13H2,1H3,(H,19,20). The van der Waals surface area contributed by atoms with Crippen LogP contribution in [0.4, 0.5) is 0 Å². The lowest BCUT2D eigenvalue weighted by Crippen LogP contribution is -2.39. The average molecular weight is 313 g/mol. The van der Waals surface area contributed by atoms with Crippen molar-refractivity contribution in [3.05, 3.63) is 53.3 Å². The molecule has 0 aliphatic carbocycles. The van der Waals surface area contributed by atoms with Crippen molar-refractivity contribution in [3.63, 3.8) is 0 Å².